The van der Waals surface area contributed by atoms with E-state index in [0.717, 1.165) is 28.2 Å². The van der Waals surface area contributed by atoms with Crippen molar-refractivity contribution in [1.82, 2.24) is 9.78 Å². The Labute approximate surface area is 150 Å². The number of anilines is 1. The second-order valence-electron chi connectivity index (χ2n) is 5.37. The van der Waals surface area contributed by atoms with Crippen LogP contribution in [0.1, 0.15) is 16.8 Å². The van der Waals surface area contributed by atoms with Gasteiger partial charge in [0, 0.05) is 5.02 Å². The molecule has 1 heterocycles. The summed E-state index contributed by atoms with van der Waals surface area (Å²) >= 11 is 12.6. The lowest BCUT2D eigenvalue weighted by Gasteiger charge is -2.03. The molecule has 0 aliphatic rings. The first-order chi connectivity index (χ1) is 11.6. The van der Waals surface area contributed by atoms with Crippen LogP contribution in [0.3, 0.4) is 0 Å². The van der Waals surface area contributed by atoms with Gasteiger partial charge in [-0.3, -0.25) is 5.43 Å². The molecule has 1 aromatic heterocycles. The molecule has 0 radical (unpaired) electrons. The van der Waals surface area contributed by atoms with E-state index in [2.05, 4.69) is 15.6 Å². The van der Waals surface area contributed by atoms with Gasteiger partial charge in [0.1, 0.15) is 5.15 Å². The number of rotatable bonds is 4. The molecule has 0 aliphatic heterocycles. The molecule has 3 rings (SSSR count). The van der Waals surface area contributed by atoms with Crippen molar-refractivity contribution in [3.63, 3.8) is 0 Å². The Morgan fingerprint density at radius 1 is 1.08 bits per heavy atom. The Balaban J connectivity index is 1.82. The first-order valence-electron chi connectivity index (χ1n) is 7.42. The maximum atomic E-state index is 6.45. The number of aryl methyl sites for hydroxylation is 2. The van der Waals surface area contributed by atoms with E-state index in [1.807, 2.05) is 62.4 Å². The zero-order valence-corrected chi connectivity index (χ0v) is 14.8. The van der Waals surface area contributed by atoms with Gasteiger partial charge in [-0.05, 0) is 43.7 Å². The van der Waals surface area contributed by atoms with Crippen LogP contribution >= 0.6 is 23.2 Å². The quantitative estimate of drug-likeness (QED) is 0.511. The molecule has 0 spiro atoms. The largest absolute Gasteiger partial charge is 0.278 e. The third kappa shape index (κ3) is 3.45. The molecule has 0 fully saturated rings. The predicted molar refractivity (Wildman–Crippen MR) is 101 cm³/mol. The van der Waals surface area contributed by atoms with Gasteiger partial charge < -0.3 is 0 Å². The number of nitrogens with one attached hydrogen (secondary N) is 1. The summed E-state index contributed by atoms with van der Waals surface area (Å²) in [4.78, 5) is 0. The summed E-state index contributed by atoms with van der Waals surface area (Å²) in [5, 5.41) is 9.93. The van der Waals surface area contributed by atoms with Gasteiger partial charge in [0.05, 0.1) is 28.8 Å². The Bertz CT molecular complexity index is 886. The summed E-state index contributed by atoms with van der Waals surface area (Å²) in [6.45, 7) is 3.85. The number of hydrogen-bond donors (Lipinski definition) is 1. The standard InChI is InChI=1S/C18H16Cl2N4/c1-12-8-9-14(10-17(12)19)22-21-11-16-13(2)23-24(18(16)20)15-6-4-3-5-7-15/h3-11,22H,1-2H3/b21-11-. The average molecular weight is 359 g/mol. The van der Waals surface area contributed by atoms with Gasteiger partial charge in [0.15, 0.2) is 0 Å². The van der Waals surface area contributed by atoms with Gasteiger partial charge in [-0.1, -0.05) is 47.5 Å². The number of benzene rings is 2. The SMILES string of the molecule is Cc1ccc(N/N=C\c2c(C)nn(-c3ccccc3)c2Cl)cc1Cl. The number of hydrazone groups is 1. The second kappa shape index (κ2) is 7.07. The Kier molecular flexibility index (Phi) is 4.88. The van der Waals surface area contributed by atoms with E-state index < -0.39 is 0 Å². The van der Waals surface area contributed by atoms with Crippen LogP contribution in [0.2, 0.25) is 10.2 Å². The molecular formula is C18H16Cl2N4. The fourth-order valence-electron chi connectivity index (χ4n) is 2.23. The van der Waals surface area contributed by atoms with E-state index in [4.69, 9.17) is 23.2 Å². The summed E-state index contributed by atoms with van der Waals surface area (Å²) in [6.07, 6.45) is 1.66. The van der Waals surface area contributed by atoms with Crippen molar-refractivity contribution in [3.05, 3.63) is 75.5 Å². The highest BCUT2D eigenvalue weighted by Crippen LogP contribution is 2.23. The number of nitrogens with zero attached hydrogens (tertiary/aromatic N) is 3. The topological polar surface area (TPSA) is 42.2 Å². The van der Waals surface area contributed by atoms with Crippen molar-refractivity contribution in [1.29, 1.82) is 0 Å². The molecule has 4 nitrogen and oxygen atoms in total. The smallest absolute Gasteiger partial charge is 0.142 e. The van der Waals surface area contributed by atoms with Crippen LogP contribution in [0, 0.1) is 13.8 Å². The molecule has 24 heavy (non-hydrogen) atoms. The minimum absolute atomic E-state index is 0.520. The van der Waals surface area contributed by atoms with Gasteiger partial charge in [-0.15, -0.1) is 0 Å². The number of para-hydroxylation sites is 1. The van der Waals surface area contributed by atoms with Crippen molar-refractivity contribution in [3.8, 4) is 5.69 Å². The minimum atomic E-state index is 0.520. The van der Waals surface area contributed by atoms with Crippen molar-refractivity contribution in [2.75, 3.05) is 5.43 Å². The third-order valence-corrected chi connectivity index (χ3v) is 4.38. The molecule has 2 aromatic carbocycles. The van der Waals surface area contributed by atoms with Crippen LogP contribution < -0.4 is 5.43 Å². The lowest BCUT2D eigenvalue weighted by atomic mass is 10.2. The van der Waals surface area contributed by atoms with E-state index in [1.165, 1.54) is 0 Å². The molecule has 1 N–H and O–H groups in total. The fraction of sp³-hybridized carbons (Fsp3) is 0.111. The third-order valence-electron chi connectivity index (χ3n) is 3.61. The van der Waals surface area contributed by atoms with Crippen molar-refractivity contribution in [2.45, 2.75) is 13.8 Å². The summed E-state index contributed by atoms with van der Waals surface area (Å²) in [7, 11) is 0. The van der Waals surface area contributed by atoms with Crippen LogP contribution in [0.25, 0.3) is 5.69 Å². The number of hydrogen-bond acceptors (Lipinski definition) is 3. The maximum Gasteiger partial charge on any atom is 0.142 e. The van der Waals surface area contributed by atoms with Crippen LogP contribution in [-0.2, 0) is 0 Å². The normalized spacial score (nSPS) is 11.2. The number of aromatic nitrogens is 2. The lowest BCUT2D eigenvalue weighted by Crippen LogP contribution is -1.96. The van der Waals surface area contributed by atoms with E-state index in [0.29, 0.717) is 10.2 Å². The maximum absolute atomic E-state index is 6.45. The van der Waals surface area contributed by atoms with Gasteiger partial charge in [-0.25, -0.2) is 4.68 Å². The first-order valence-corrected chi connectivity index (χ1v) is 8.17. The Morgan fingerprint density at radius 3 is 2.54 bits per heavy atom. The monoisotopic (exact) mass is 358 g/mol. The van der Waals surface area contributed by atoms with Crippen LogP contribution in [0.5, 0.6) is 0 Å². The molecule has 0 bridgehead atoms. The van der Waals surface area contributed by atoms with Gasteiger partial charge in [0.25, 0.3) is 0 Å². The molecule has 0 unspecified atom stereocenters. The summed E-state index contributed by atoms with van der Waals surface area (Å²) < 4.78 is 1.70. The number of halogens is 2. The molecule has 3 aromatic rings. The van der Waals surface area contributed by atoms with E-state index in [1.54, 1.807) is 10.9 Å². The summed E-state index contributed by atoms with van der Waals surface area (Å²) in [5.74, 6) is 0. The summed E-state index contributed by atoms with van der Waals surface area (Å²) in [5.41, 5.74) is 7.27. The van der Waals surface area contributed by atoms with Gasteiger partial charge >= 0.3 is 0 Å². The zero-order chi connectivity index (χ0) is 17.1. The Hall–Kier alpha value is -2.30. The molecule has 0 saturated heterocycles. The van der Waals surface area contributed by atoms with Crippen molar-refractivity contribution >= 4 is 35.1 Å². The molecule has 122 valence electrons. The van der Waals surface area contributed by atoms with E-state index >= 15 is 0 Å². The molecule has 0 atom stereocenters. The molecule has 0 amide bonds. The van der Waals surface area contributed by atoms with Crippen LogP contribution in [0.4, 0.5) is 5.69 Å². The highest BCUT2D eigenvalue weighted by molar-refractivity contribution is 6.32. The average Bonchev–Trinajstić information content (AvgIpc) is 2.87. The van der Waals surface area contributed by atoms with Gasteiger partial charge in [0.2, 0.25) is 0 Å². The Morgan fingerprint density at radius 2 is 1.83 bits per heavy atom. The van der Waals surface area contributed by atoms with E-state index in [9.17, 15) is 0 Å². The minimum Gasteiger partial charge on any atom is -0.278 e. The van der Waals surface area contributed by atoms with Crippen molar-refractivity contribution < 1.29 is 0 Å². The second-order valence-corrected chi connectivity index (χ2v) is 6.14. The molecule has 6 heteroatoms. The highest BCUT2D eigenvalue weighted by Gasteiger charge is 2.12. The van der Waals surface area contributed by atoms with E-state index in [-0.39, 0.29) is 0 Å². The lowest BCUT2D eigenvalue weighted by molar-refractivity contribution is 0.863. The predicted octanol–water partition coefficient (Wildman–Crippen LogP) is 5.24. The fourth-order valence-corrected chi connectivity index (χ4v) is 2.73. The molecule has 0 saturated carbocycles. The van der Waals surface area contributed by atoms with Crippen LogP contribution in [0.15, 0.2) is 53.6 Å². The molecule has 0 aliphatic carbocycles. The van der Waals surface area contributed by atoms with Crippen molar-refractivity contribution in [2.24, 2.45) is 5.10 Å². The van der Waals surface area contributed by atoms with Gasteiger partial charge in [-0.2, -0.15) is 10.2 Å². The zero-order valence-electron chi connectivity index (χ0n) is 13.3. The summed E-state index contributed by atoms with van der Waals surface area (Å²) in [6, 6.07) is 15.4. The van der Waals surface area contributed by atoms with Crippen LogP contribution in [-0.4, -0.2) is 16.0 Å². The highest BCUT2D eigenvalue weighted by atomic mass is 35.5. The molecular weight excluding hydrogens is 343 g/mol. The first kappa shape index (κ1) is 16.6.